The van der Waals surface area contributed by atoms with Crippen molar-refractivity contribution in [3.63, 3.8) is 0 Å². The fourth-order valence-electron chi connectivity index (χ4n) is 3.94. The summed E-state index contributed by atoms with van der Waals surface area (Å²) in [5.41, 5.74) is 2.95. The van der Waals surface area contributed by atoms with Gasteiger partial charge in [-0.3, -0.25) is 0 Å². The zero-order valence-electron chi connectivity index (χ0n) is 19.5. The van der Waals surface area contributed by atoms with Gasteiger partial charge in [-0.2, -0.15) is 0 Å². The van der Waals surface area contributed by atoms with Gasteiger partial charge in [0.15, 0.2) is 11.5 Å². The number of fused-ring (bicyclic) bond motifs is 1. The van der Waals surface area contributed by atoms with Gasteiger partial charge in [0.05, 0.1) is 24.2 Å². The van der Waals surface area contributed by atoms with Crippen LogP contribution in [-0.2, 0) is 6.61 Å². The monoisotopic (exact) mass is 466 g/mol. The van der Waals surface area contributed by atoms with Crippen molar-refractivity contribution in [3.8, 4) is 17.2 Å². The molecule has 0 saturated heterocycles. The van der Waals surface area contributed by atoms with Crippen LogP contribution in [0.5, 0.6) is 17.2 Å². The van der Waals surface area contributed by atoms with Crippen LogP contribution in [0.3, 0.4) is 0 Å². The SMILES string of the molecule is CCOc1cc2nc(C(CC)c3ccc(OCc4cc(F)ccc4F)cc3)[nH]c2cc1OCC. The zero-order chi connectivity index (χ0) is 24.1. The van der Waals surface area contributed by atoms with E-state index in [0.29, 0.717) is 30.5 Å². The van der Waals surface area contributed by atoms with E-state index in [9.17, 15) is 8.78 Å². The summed E-state index contributed by atoms with van der Waals surface area (Å²) in [6, 6.07) is 14.8. The van der Waals surface area contributed by atoms with E-state index in [1.807, 2.05) is 50.2 Å². The van der Waals surface area contributed by atoms with Crippen molar-refractivity contribution in [2.24, 2.45) is 0 Å². The molecule has 7 heteroatoms. The van der Waals surface area contributed by atoms with Crippen LogP contribution < -0.4 is 14.2 Å². The number of rotatable bonds is 10. The van der Waals surface area contributed by atoms with Crippen molar-refractivity contribution in [2.45, 2.75) is 39.7 Å². The van der Waals surface area contributed by atoms with Gasteiger partial charge in [0.25, 0.3) is 0 Å². The molecular formula is C27H28F2N2O3. The fraction of sp³-hybridized carbons (Fsp3) is 0.296. The molecule has 0 amide bonds. The topological polar surface area (TPSA) is 56.4 Å². The molecule has 178 valence electrons. The number of hydrogen-bond acceptors (Lipinski definition) is 4. The Balaban J connectivity index is 1.54. The van der Waals surface area contributed by atoms with Crippen LogP contribution in [0.25, 0.3) is 11.0 Å². The first-order valence-corrected chi connectivity index (χ1v) is 11.5. The summed E-state index contributed by atoms with van der Waals surface area (Å²) in [5.74, 6) is 1.87. The third kappa shape index (κ3) is 5.14. The number of H-pyrrole nitrogens is 1. The number of aromatic amines is 1. The average molecular weight is 467 g/mol. The lowest BCUT2D eigenvalue weighted by molar-refractivity contribution is 0.288. The largest absolute Gasteiger partial charge is 0.490 e. The summed E-state index contributed by atoms with van der Waals surface area (Å²) in [7, 11) is 0. The quantitative estimate of drug-likeness (QED) is 0.281. The maximum atomic E-state index is 13.8. The fourth-order valence-corrected chi connectivity index (χ4v) is 3.94. The third-order valence-electron chi connectivity index (χ3n) is 5.59. The second-order valence-corrected chi connectivity index (χ2v) is 7.86. The first kappa shape index (κ1) is 23.5. The molecule has 4 rings (SSSR count). The first-order valence-electron chi connectivity index (χ1n) is 11.5. The van der Waals surface area contributed by atoms with Crippen LogP contribution in [0.15, 0.2) is 54.6 Å². The highest BCUT2D eigenvalue weighted by molar-refractivity contribution is 5.80. The van der Waals surface area contributed by atoms with E-state index in [2.05, 4.69) is 11.9 Å². The van der Waals surface area contributed by atoms with Gasteiger partial charge in [0.1, 0.15) is 29.8 Å². The number of nitrogens with zero attached hydrogens (tertiary/aromatic N) is 1. The molecular weight excluding hydrogens is 438 g/mol. The lowest BCUT2D eigenvalue weighted by atomic mass is 9.96. The number of ether oxygens (including phenoxy) is 3. The van der Waals surface area contributed by atoms with Crippen LogP contribution >= 0.6 is 0 Å². The molecule has 1 heterocycles. The van der Waals surface area contributed by atoms with Gasteiger partial charge in [-0.1, -0.05) is 19.1 Å². The second-order valence-electron chi connectivity index (χ2n) is 7.86. The lowest BCUT2D eigenvalue weighted by Crippen LogP contribution is -2.03. The van der Waals surface area contributed by atoms with Crippen molar-refractivity contribution in [2.75, 3.05) is 13.2 Å². The van der Waals surface area contributed by atoms with E-state index < -0.39 is 11.6 Å². The Morgan fingerprint density at radius 3 is 2.24 bits per heavy atom. The molecule has 3 aromatic carbocycles. The van der Waals surface area contributed by atoms with Gasteiger partial charge in [-0.15, -0.1) is 0 Å². The van der Waals surface area contributed by atoms with E-state index in [4.69, 9.17) is 19.2 Å². The van der Waals surface area contributed by atoms with Gasteiger partial charge in [-0.05, 0) is 56.2 Å². The molecule has 0 radical (unpaired) electrons. The lowest BCUT2D eigenvalue weighted by Gasteiger charge is -2.14. The molecule has 4 aromatic rings. The van der Waals surface area contributed by atoms with Crippen LogP contribution in [0.1, 0.15) is 50.1 Å². The third-order valence-corrected chi connectivity index (χ3v) is 5.59. The predicted octanol–water partition coefficient (Wildman–Crippen LogP) is 6.76. The minimum Gasteiger partial charge on any atom is -0.490 e. The van der Waals surface area contributed by atoms with Gasteiger partial charge < -0.3 is 19.2 Å². The molecule has 0 fully saturated rings. The Kier molecular flexibility index (Phi) is 7.30. The highest BCUT2D eigenvalue weighted by atomic mass is 19.1. The van der Waals surface area contributed by atoms with Crippen LogP contribution in [0.4, 0.5) is 8.78 Å². The summed E-state index contributed by atoms with van der Waals surface area (Å²) >= 11 is 0. The van der Waals surface area contributed by atoms with Gasteiger partial charge in [0, 0.05) is 23.6 Å². The molecule has 0 spiro atoms. The van der Waals surface area contributed by atoms with E-state index in [-0.39, 0.29) is 18.1 Å². The summed E-state index contributed by atoms with van der Waals surface area (Å²) in [5, 5.41) is 0. The van der Waals surface area contributed by atoms with Crippen molar-refractivity contribution in [1.29, 1.82) is 0 Å². The molecule has 0 aliphatic carbocycles. The summed E-state index contributed by atoms with van der Waals surface area (Å²) in [4.78, 5) is 8.25. The maximum Gasteiger partial charge on any atom is 0.163 e. The molecule has 34 heavy (non-hydrogen) atoms. The highest BCUT2D eigenvalue weighted by Crippen LogP contribution is 2.34. The van der Waals surface area contributed by atoms with Crippen LogP contribution in [0, 0.1) is 11.6 Å². The average Bonchev–Trinajstić information content (AvgIpc) is 3.24. The number of halogens is 2. The minimum atomic E-state index is -0.492. The standard InChI is InChI=1S/C27H28F2N2O3/c1-4-21(27-30-23-14-25(32-5-2)26(33-6-3)15-24(23)31-27)17-7-10-20(11-8-17)34-16-18-13-19(28)9-12-22(18)29/h7-15,21H,4-6,16H2,1-3H3,(H,30,31). The highest BCUT2D eigenvalue weighted by Gasteiger charge is 2.18. The number of hydrogen-bond donors (Lipinski definition) is 1. The Labute approximate surface area is 197 Å². The Morgan fingerprint density at radius 2 is 1.56 bits per heavy atom. The van der Waals surface area contributed by atoms with Crippen molar-refractivity contribution >= 4 is 11.0 Å². The van der Waals surface area contributed by atoms with Crippen molar-refractivity contribution in [1.82, 2.24) is 9.97 Å². The summed E-state index contributed by atoms with van der Waals surface area (Å²) < 4.78 is 44.3. The van der Waals surface area contributed by atoms with E-state index in [0.717, 1.165) is 47.0 Å². The Hall–Kier alpha value is -3.61. The number of imidazole rings is 1. The van der Waals surface area contributed by atoms with Crippen molar-refractivity contribution in [3.05, 3.63) is 83.2 Å². The molecule has 0 saturated carbocycles. The molecule has 0 aliphatic heterocycles. The molecule has 0 bridgehead atoms. The first-order chi connectivity index (χ1) is 16.5. The molecule has 1 aromatic heterocycles. The van der Waals surface area contributed by atoms with Gasteiger partial charge >= 0.3 is 0 Å². The molecule has 0 aliphatic rings. The smallest absolute Gasteiger partial charge is 0.163 e. The molecule has 5 nitrogen and oxygen atoms in total. The minimum absolute atomic E-state index is 0.0476. The normalized spacial score (nSPS) is 12.0. The van der Waals surface area contributed by atoms with Crippen LogP contribution in [-0.4, -0.2) is 23.2 Å². The van der Waals surface area contributed by atoms with Crippen molar-refractivity contribution < 1.29 is 23.0 Å². The predicted molar refractivity (Wildman–Crippen MR) is 128 cm³/mol. The van der Waals surface area contributed by atoms with E-state index in [1.54, 1.807) is 0 Å². The summed E-state index contributed by atoms with van der Waals surface area (Å²) in [6.07, 6.45) is 0.838. The zero-order valence-corrected chi connectivity index (χ0v) is 19.5. The second kappa shape index (κ2) is 10.5. The Morgan fingerprint density at radius 1 is 0.853 bits per heavy atom. The summed E-state index contributed by atoms with van der Waals surface area (Å²) in [6.45, 7) is 7.02. The Bertz CT molecular complexity index is 1210. The van der Waals surface area contributed by atoms with Gasteiger partial charge in [-0.25, -0.2) is 13.8 Å². The maximum absolute atomic E-state index is 13.8. The molecule has 1 unspecified atom stereocenters. The number of aromatic nitrogens is 2. The molecule has 1 atom stereocenters. The van der Waals surface area contributed by atoms with E-state index in [1.165, 1.54) is 0 Å². The van der Waals surface area contributed by atoms with Crippen LogP contribution in [0.2, 0.25) is 0 Å². The number of nitrogens with one attached hydrogen (secondary N) is 1. The van der Waals surface area contributed by atoms with E-state index >= 15 is 0 Å². The van der Waals surface area contributed by atoms with Gasteiger partial charge in [0.2, 0.25) is 0 Å². The number of benzene rings is 3. The molecule has 1 N–H and O–H groups in total.